The lowest BCUT2D eigenvalue weighted by Gasteiger charge is -2.31. The third-order valence-electron chi connectivity index (χ3n) is 2.75. The molecule has 2 atom stereocenters. The van der Waals surface area contributed by atoms with Crippen LogP contribution in [0.25, 0.3) is 0 Å². The maximum Gasteiger partial charge on any atom is 0.304 e. The van der Waals surface area contributed by atoms with E-state index in [1.165, 1.54) is 11.3 Å². The summed E-state index contributed by atoms with van der Waals surface area (Å²) in [5.74, 6) is -0.850. The molecule has 84 valence electrons. The Balaban J connectivity index is 3.06. The van der Waals surface area contributed by atoms with Crippen LogP contribution < -0.4 is 5.73 Å². The topological polar surface area (TPSA) is 63.3 Å². The second-order valence-electron chi connectivity index (χ2n) is 3.92. The van der Waals surface area contributed by atoms with Crippen molar-refractivity contribution in [3.8, 4) is 0 Å². The third kappa shape index (κ3) is 2.71. The molecule has 1 aromatic rings. The molecule has 0 saturated carbocycles. The number of nitrogens with two attached hydrogens (primary N) is 1. The van der Waals surface area contributed by atoms with Crippen LogP contribution in [0.1, 0.15) is 25.8 Å². The first-order chi connectivity index (χ1) is 6.86. The maximum absolute atomic E-state index is 10.8. The number of thiophene rings is 1. The predicted molar refractivity (Wildman–Crippen MR) is 62.6 cm³/mol. The van der Waals surface area contributed by atoms with Gasteiger partial charge in [0, 0.05) is 11.5 Å². The number of carbonyl (C=O) groups is 1. The van der Waals surface area contributed by atoms with Gasteiger partial charge in [0.15, 0.2) is 0 Å². The van der Waals surface area contributed by atoms with Gasteiger partial charge in [-0.2, -0.15) is 0 Å². The van der Waals surface area contributed by atoms with Crippen molar-refractivity contribution in [1.82, 2.24) is 0 Å². The molecule has 1 rings (SSSR count). The van der Waals surface area contributed by atoms with Crippen LogP contribution in [0, 0.1) is 0 Å². The zero-order chi connectivity index (χ0) is 11.6. The Labute approximate surface area is 97.9 Å². The Morgan fingerprint density at radius 2 is 2.40 bits per heavy atom. The van der Waals surface area contributed by atoms with Crippen LogP contribution in [0.5, 0.6) is 0 Å². The SMILES string of the molecule is CC(N)C(C)(CC(=O)O)c1csc(Cl)c1. The van der Waals surface area contributed by atoms with Crippen molar-refractivity contribution in [2.24, 2.45) is 5.73 Å². The lowest BCUT2D eigenvalue weighted by atomic mass is 9.75. The Morgan fingerprint density at radius 1 is 1.80 bits per heavy atom. The van der Waals surface area contributed by atoms with E-state index in [4.69, 9.17) is 22.4 Å². The first-order valence-electron chi connectivity index (χ1n) is 4.58. The van der Waals surface area contributed by atoms with Crippen LogP contribution in [0.3, 0.4) is 0 Å². The van der Waals surface area contributed by atoms with Crippen LogP contribution in [-0.2, 0) is 10.2 Å². The van der Waals surface area contributed by atoms with E-state index in [1.54, 1.807) is 6.07 Å². The summed E-state index contributed by atoms with van der Waals surface area (Å²) in [4.78, 5) is 10.8. The van der Waals surface area contributed by atoms with Crippen LogP contribution in [-0.4, -0.2) is 17.1 Å². The minimum atomic E-state index is -0.850. The standard InChI is InChI=1S/C10H14ClNO2S/c1-6(12)10(2,4-9(13)14)7-3-8(11)15-5-7/h3,5-6H,4,12H2,1-2H3,(H,13,14). The largest absolute Gasteiger partial charge is 0.481 e. The van der Waals surface area contributed by atoms with Crippen molar-refractivity contribution >= 4 is 28.9 Å². The fourth-order valence-electron chi connectivity index (χ4n) is 1.45. The minimum Gasteiger partial charge on any atom is -0.481 e. The third-order valence-corrected chi connectivity index (χ3v) is 3.84. The van der Waals surface area contributed by atoms with Gasteiger partial charge in [-0.1, -0.05) is 18.5 Å². The predicted octanol–water partition coefficient (Wildman–Crippen LogP) is 2.48. The number of halogens is 1. The van der Waals surface area contributed by atoms with Gasteiger partial charge in [0.05, 0.1) is 10.8 Å². The van der Waals surface area contributed by atoms with Crippen molar-refractivity contribution in [2.75, 3.05) is 0 Å². The molecule has 0 saturated heterocycles. The molecule has 0 amide bonds. The first-order valence-corrected chi connectivity index (χ1v) is 5.84. The lowest BCUT2D eigenvalue weighted by Crippen LogP contribution is -2.42. The summed E-state index contributed by atoms with van der Waals surface area (Å²) in [7, 11) is 0. The molecule has 0 aromatic carbocycles. The summed E-state index contributed by atoms with van der Waals surface area (Å²) in [6.07, 6.45) is 0.0116. The summed E-state index contributed by atoms with van der Waals surface area (Å²) in [6, 6.07) is 1.55. The van der Waals surface area contributed by atoms with E-state index in [-0.39, 0.29) is 12.5 Å². The highest BCUT2D eigenvalue weighted by Crippen LogP contribution is 2.35. The van der Waals surface area contributed by atoms with Crippen LogP contribution in [0.2, 0.25) is 4.34 Å². The second-order valence-corrected chi connectivity index (χ2v) is 5.46. The Bertz CT molecular complexity index is 364. The molecular formula is C10H14ClNO2S. The molecule has 15 heavy (non-hydrogen) atoms. The maximum atomic E-state index is 10.8. The number of carboxylic acid groups (broad SMARTS) is 1. The Morgan fingerprint density at radius 3 is 2.73 bits per heavy atom. The van der Waals surface area contributed by atoms with E-state index in [1.807, 2.05) is 19.2 Å². The average Bonchev–Trinajstić information content (AvgIpc) is 2.50. The highest BCUT2D eigenvalue weighted by atomic mass is 35.5. The van der Waals surface area contributed by atoms with E-state index in [0.29, 0.717) is 4.34 Å². The molecular weight excluding hydrogens is 234 g/mol. The number of carboxylic acids is 1. The van der Waals surface area contributed by atoms with Crippen LogP contribution >= 0.6 is 22.9 Å². The summed E-state index contributed by atoms with van der Waals surface area (Å²) in [5, 5.41) is 10.8. The van der Waals surface area contributed by atoms with Crippen molar-refractivity contribution in [1.29, 1.82) is 0 Å². The van der Waals surface area contributed by atoms with Gasteiger partial charge in [0.2, 0.25) is 0 Å². The lowest BCUT2D eigenvalue weighted by molar-refractivity contribution is -0.138. The monoisotopic (exact) mass is 247 g/mol. The molecule has 3 nitrogen and oxygen atoms in total. The molecule has 0 bridgehead atoms. The van der Waals surface area contributed by atoms with Gasteiger partial charge in [0.25, 0.3) is 0 Å². The van der Waals surface area contributed by atoms with Crippen molar-refractivity contribution in [3.05, 3.63) is 21.3 Å². The molecule has 1 heterocycles. The smallest absolute Gasteiger partial charge is 0.304 e. The number of hydrogen-bond acceptors (Lipinski definition) is 3. The summed E-state index contributed by atoms with van der Waals surface area (Å²) in [5.41, 5.74) is 6.20. The fraction of sp³-hybridized carbons (Fsp3) is 0.500. The van der Waals surface area contributed by atoms with Gasteiger partial charge in [-0.3, -0.25) is 4.79 Å². The minimum absolute atomic E-state index is 0.0116. The van der Waals surface area contributed by atoms with Crippen LogP contribution in [0.15, 0.2) is 11.4 Å². The van der Waals surface area contributed by atoms with Crippen molar-refractivity contribution in [2.45, 2.75) is 31.7 Å². The van der Waals surface area contributed by atoms with E-state index in [0.717, 1.165) is 5.56 Å². The van der Waals surface area contributed by atoms with Gasteiger partial charge in [-0.05, 0) is 23.9 Å². The second kappa shape index (κ2) is 4.51. The highest BCUT2D eigenvalue weighted by molar-refractivity contribution is 7.14. The van der Waals surface area contributed by atoms with Crippen LogP contribution in [0.4, 0.5) is 0 Å². The van der Waals surface area contributed by atoms with Gasteiger partial charge < -0.3 is 10.8 Å². The Hall–Kier alpha value is -0.580. The summed E-state index contributed by atoms with van der Waals surface area (Å²) >= 11 is 7.23. The zero-order valence-corrected chi connectivity index (χ0v) is 10.2. The number of aliphatic carboxylic acids is 1. The molecule has 1 aromatic heterocycles. The molecule has 0 aliphatic heterocycles. The number of rotatable bonds is 4. The van der Waals surface area contributed by atoms with Gasteiger partial charge in [0.1, 0.15) is 0 Å². The molecule has 5 heteroatoms. The van der Waals surface area contributed by atoms with Gasteiger partial charge >= 0.3 is 5.97 Å². The first kappa shape index (κ1) is 12.5. The number of hydrogen-bond donors (Lipinski definition) is 2. The van der Waals surface area contributed by atoms with E-state index >= 15 is 0 Å². The Kier molecular flexibility index (Phi) is 3.76. The fourth-order valence-corrected chi connectivity index (χ4v) is 2.47. The van der Waals surface area contributed by atoms with E-state index in [2.05, 4.69) is 0 Å². The molecule has 2 unspecified atom stereocenters. The van der Waals surface area contributed by atoms with Gasteiger partial charge in [-0.15, -0.1) is 11.3 Å². The summed E-state index contributed by atoms with van der Waals surface area (Å²) < 4.78 is 0.655. The average molecular weight is 248 g/mol. The van der Waals surface area contributed by atoms with Crippen molar-refractivity contribution in [3.63, 3.8) is 0 Å². The molecule has 0 fully saturated rings. The molecule has 3 N–H and O–H groups in total. The highest BCUT2D eigenvalue weighted by Gasteiger charge is 2.34. The van der Waals surface area contributed by atoms with Crippen molar-refractivity contribution < 1.29 is 9.90 Å². The van der Waals surface area contributed by atoms with E-state index < -0.39 is 11.4 Å². The normalized spacial score (nSPS) is 17.1. The molecule has 0 spiro atoms. The van der Waals surface area contributed by atoms with E-state index in [9.17, 15) is 4.79 Å². The molecule has 0 aliphatic carbocycles. The van der Waals surface area contributed by atoms with Gasteiger partial charge in [-0.25, -0.2) is 0 Å². The molecule has 0 aliphatic rings. The summed E-state index contributed by atoms with van der Waals surface area (Å²) in [6.45, 7) is 3.67. The zero-order valence-electron chi connectivity index (χ0n) is 8.66. The molecule has 0 radical (unpaired) electrons. The quantitative estimate of drug-likeness (QED) is 0.859.